The number of carbonyl (C=O) groups excluding carboxylic acids is 1. The molecule has 4 heteroatoms. The van der Waals surface area contributed by atoms with Crippen molar-refractivity contribution < 1.29 is 4.79 Å². The van der Waals surface area contributed by atoms with Crippen molar-refractivity contribution in [3.63, 3.8) is 0 Å². The Kier molecular flexibility index (Phi) is 3.71. The van der Waals surface area contributed by atoms with Crippen molar-refractivity contribution in [3.8, 4) is 0 Å². The summed E-state index contributed by atoms with van der Waals surface area (Å²) in [6.45, 7) is 2.45. The summed E-state index contributed by atoms with van der Waals surface area (Å²) in [6.07, 6.45) is 4.33. The summed E-state index contributed by atoms with van der Waals surface area (Å²) in [5.74, 6) is 0.0925. The first-order chi connectivity index (χ1) is 6.66. The van der Waals surface area contributed by atoms with Gasteiger partial charge in [-0.1, -0.05) is 6.92 Å². The second-order valence-electron chi connectivity index (χ2n) is 3.44. The largest absolute Gasteiger partial charge is 0.366 e. The average Bonchev–Trinajstić information content (AvgIpc) is 2.68. The van der Waals surface area contributed by atoms with Crippen molar-refractivity contribution in [1.29, 1.82) is 0 Å². The molecule has 0 aliphatic carbocycles. The predicted octanol–water partition coefficient (Wildman–Crippen LogP) is 0.962. The highest BCUT2D eigenvalue weighted by Crippen LogP contribution is 2.14. The third kappa shape index (κ3) is 2.35. The zero-order valence-corrected chi connectivity index (χ0v) is 8.66. The Morgan fingerprint density at radius 3 is 2.93 bits per heavy atom. The summed E-state index contributed by atoms with van der Waals surface area (Å²) in [5.41, 5.74) is 6.30. The molecule has 0 aliphatic rings. The zero-order valence-electron chi connectivity index (χ0n) is 8.66. The van der Waals surface area contributed by atoms with Gasteiger partial charge in [0.2, 0.25) is 5.91 Å². The Morgan fingerprint density at radius 2 is 2.43 bits per heavy atom. The molecule has 1 unspecified atom stereocenters. The lowest BCUT2D eigenvalue weighted by Crippen LogP contribution is -2.32. The second kappa shape index (κ2) is 4.81. The van der Waals surface area contributed by atoms with Gasteiger partial charge in [0.1, 0.15) is 0 Å². The predicted molar refractivity (Wildman–Crippen MR) is 57.0 cm³/mol. The van der Waals surface area contributed by atoms with Crippen LogP contribution in [0.2, 0.25) is 0 Å². The molecule has 1 aromatic heterocycles. The van der Waals surface area contributed by atoms with Gasteiger partial charge in [-0.3, -0.25) is 4.79 Å². The number of aromatic nitrogens is 1. The first kappa shape index (κ1) is 10.8. The van der Waals surface area contributed by atoms with Crippen LogP contribution in [0.15, 0.2) is 18.5 Å². The van der Waals surface area contributed by atoms with E-state index in [-0.39, 0.29) is 11.8 Å². The maximum atomic E-state index is 11.8. The second-order valence-corrected chi connectivity index (χ2v) is 3.44. The number of nitrogens with zero attached hydrogens (tertiary/aromatic N) is 1. The van der Waals surface area contributed by atoms with Gasteiger partial charge in [0.25, 0.3) is 0 Å². The van der Waals surface area contributed by atoms with Crippen LogP contribution in [0.25, 0.3) is 0 Å². The molecule has 1 rings (SSSR count). The number of amides is 1. The van der Waals surface area contributed by atoms with Crippen molar-refractivity contribution in [1.82, 2.24) is 4.98 Å². The highest BCUT2D eigenvalue weighted by atomic mass is 16.2. The maximum absolute atomic E-state index is 11.8. The fraction of sp³-hybridized carbons (Fsp3) is 0.500. The van der Waals surface area contributed by atoms with Gasteiger partial charge in [0.15, 0.2) is 0 Å². The van der Waals surface area contributed by atoms with E-state index in [1.165, 1.54) is 0 Å². The normalized spacial score (nSPS) is 12.5. The zero-order chi connectivity index (χ0) is 10.6. The number of hydrogen-bond acceptors (Lipinski definition) is 2. The summed E-state index contributed by atoms with van der Waals surface area (Å²) >= 11 is 0. The highest BCUT2D eigenvalue weighted by Gasteiger charge is 2.17. The lowest BCUT2D eigenvalue weighted by molar-refractivity contribution is -0.121. The van der Waals surface area contributed by atoms with E-state index in [0.717, 1.165) is 12.1 Å². The molecule has 1 aromatic rings. The van der Waals surface area contributed by atoms with E-state index < -0.39 is 0 Å². The van der Waals surface area contributed by atoms with Gasteiger partial charge < -0.3 is 15.6 Å². The Labute approximate surface area is 84.1 Å². The van der Waals surface area contributed by atoms with Crippen molar-refractivity contribution in [2.24, 2.45) is 11.7 Å². The van der Waals surface area contributed by atoms with Gasteiger partial charge in [0.05, 0.1) is 5.69 Å². The van der Waals surface area contributed by atoms with Crippen LogP contribution >= 0.6 is 0 Å². The fourth-order valence-corrected chi connectivity index (χ4v) is 1.36. The summed E-state index contributed by atoms with van der Waals surface area (Å²) in [6, 6.07) is 1.87. The Morgan fingerprint density at radius 1 is 1.71 bits per heavy atom. The molecule has 0 radical (unpaired) electrons. The van der Waals surface area contributed by atoms with E-state index in [4.69, 9.17) is 5.73 Å². The van der Waals surface area contributed by atoms with Crippen LogP contribution in [0.4, 0.5) is 5.69 Å². The number of nitrogens with one attached hydrogen (secondary N) is 1. The molecule has 78 valence electrons. The minimum absolute atomic E-state index is 0.0140. The molecule has 4 nitrogen and oxygen atoms in total. The first-order valence-corrected chi connectivity index (χ1v) is 4.77. The maximum Gasteiger partial charge on any atom is 0.229 e. The third-order valence-corrected chi connectivity index (χ3v) is 2.32. The molecule has 1 amide bonds. The van der Waals surface area contributed by atoms with E-state index in [1.54, 1.807) is 24.3 Å². The molecule has 0 aliphatic heterocycles. The van der Waals surface area contributed by atoms with Crippen LogP contribution < -0.4 is 10.6 Å². The molecule has 1 atom stereocenters. The van der Waals surface area contributed by atoms with Crippen molar-refractivity contribution in [2.75, 3.05) is 18.5 Å². The van der Waals surface area contributed by atoms with E-state index in [2.05, 4.69) is 4.98 Å². The minimum Gasteiger partial charge on any atom is -0.366 e. The average molecular weight is 195 g/mol. The first-order valence-electron chi connectivity index (χ1n) is 4.77. The Balaban J connectivity index is 2.61. The lowest BCUT2D eigenvalue weighted by atomic mass is 10.1. The number of nitrogens with two attached hydrogens (primary N) is 1. The van der Waals surface area contributed by atoms with Crippen LogP contribution in [-0.2, 0) is 4.79 Å². The van der Waals surface area contributed by atoms with Crippen LogP contribution in [0.3, 0.4) is 0 Å². The molecule has 0 saturated heterocycles. The molecule has 0 saturated carbocycles. The lowest BCUT2D eigenvalue weighted by Gasteiger charge is -2.19. The Hall–Kier alpha value is -1.29. The summed E-state index contributed by atoms with van der Waals surface area (Å²) < 4.78 is 0. The van der Waals surface area contributed by atoms with Crippen LogP contribution in [0.1, 0.15) is 13.3 Å². The SMILES string of the molecule is CC(CCN)C(=O)N(C)c1cc[nH]c1. The van der Waals surface area contributed by atoms with Crippen molar-refractivity contribution in [3.05, 3.63) is 18.5 Å². The van der Waals surface area contributed by atoms with Gasteiger partial charge in [-0.25, -0.2) is 0 Å². The molecule has 3 N–H and O–H groups in total. The van der Waals surface area contributed by atoms with E-state index in [0.29, 0.717) is 6.54 Å². The Bertz CT molecular complexity index is 282. The summed E-state index contributed by atoms with van der Waals surface area (Å²) in [4.78, 5) is 16.4. The quantitative estimate of drug-likeness (QED) is 0.751. The number of aromatic amines is 1. The summed E-state index contributed by atoms with van der Waals surface area (Å²) in [5, 5.41) is 0. The highest BCUT2D eigenvalue weighted by molar-refractivity contribution is 5.94. The van der Waals surface area contributed by atoms with Gasteiger partial charge in [-0.15, -0.1) is 0 Å². The number of rotatable bonds is 4. The topological polar surface area (TPSA) is 62.1 Å². The monoisotopic (exact) mass is 195 g/mol. The fourth-order valence-electron chi connectivity index (χ4n) is 1.36. The van der Waals surface area contributed by atoms with Gasteiger partial charge in [-0.2, -0.15) is 0 Å². The molecule has 0 bridgehead atoms. The van der Waals surface area contributed by atoms with Gasteiger partial charge in [0, 0.05) is 25.4 Å². The van der Waals surface area contributed by atoms with Crippen molar-refractivity contribution in [2.45, 2.75) is 13.3 Å². The van der Waals surface area contributed by atoms with Crippen molar-refractivity contribution >= 4 is 11.6 Å². The number of anilines is 1. The van der Waals surface area contributed by atoms with E-state index in [9.17, 15) is 4.79 Å². The molecular formula is C10H17N3O. The van der Waals surface area contributed by atoms with Crippen LogP contribution in [0.5, 0.6) is 0 Å². The third-order valence-electron chi connectivity index (χ3n) is 2.32. The number of H-pyrrole nitrogens is 1. The molecular weight excluding hydrogens is 178 g/mol. The van der Waals surface area contributed by atoms with Gasteiger partial charge in [-0.05, 0) is 19.0 Å². The molecule has 1 heterocycles. The van der Waals surface area contributed by atoms with Gasteiger partial charge >= 0.3 is 0 Å². The van der Waals surface area contributed by atoms with E-state index >= 15 is 0 Å². The summed E-state index contributed by atoms with van der Waals surface area (Å²) in [7, 11) is 1.78. The van der Waals surface area contributed by atoms with E-state index in [1.807, 2.05) is 13.0 Å². The molecule has 14 heavy (non-hydrogen) atoms. The smallest absolute Gasteiger partial charge is 0.229 e. The van der Waals surface area contributed by atoms with Crippen LogP contribution in [-0.4, -0.2) is 24.5 Å². The minimum atomic E-state index is -0.0140. The standard InChI is InChI=1S/C10H17N3O/c1-8(3-5-11)10(14)13(2)9-4-6-12-7-9/h4,6-8,12H,3,5,11H2,1-2H3. The van der Waals surface area contributed by atoms with Crippen LogP contribution in [0, 0.1) is 5.92 Å². The molecule has 0 aromatic carbocycles. The molecule has 0 fully saturated rings. The number of carbonyl (C=O) groups is 1. The molecule has 0 spiro atoms. The number of hydrogen-bond donors (Lipinski definition) is 2.